The molecule has 3 aromatic rings. The topological polar surface area (TPSA) is 96.0 Å². The molecule has 0 spiro atoms. The van der Waals surface area contributed by atoms with Crippen molar-refractivity contribution >= 4 is 11.8 Å². The molecule has 3 heterocycles. The summed E-state index contributed by atoms with van der Waals surface area (Å²) in [4.78, 5) is 33.5. The van der Waals surface area contributed by atoms with E-state index in [0.717, 1.165) is 49.2 Å². The summed E-state index contributed by atoms with van der Waals surface area (Å²) in [6.45, 7) is 1.96. The predicted octanol–water partition coefficient (Wildman–Crippen LogP) is 2.67. The lowest BCUT2D eigenvalue weighted by Gasteiger charge is -2.23. The van der Waals surface area contributed by atoms with E-state index in [1.165, 1.54) is 6.07 Å². The molecule has 2 amide bonds. The van der Waals surface area contributed by atoms with Gasteiger partial charge in [0.05, 0.1) is 35.5 Å². The second kappa shape index (κ2) is 9.87. The summed E-state index contributed by atoms with van der Waals surface area (Å²) in [5, 5.41) is 9.05. The third-order valence-corrected chi connectivity index (χ3v) is 6.31. The van der Waals surface area contributed by atoms with Crippen molar-refractivity contribution in [3.63, 3.8) is 0 Å². The van der Waals surface area contributed by atoms with Crippen LogP contribution in [0.2, 0.25) is 0 Å². The maximum absolute atomic E-state index is 14.4. The quantitative estimate of drug-likeness (QED) is 0.507. The fourth-order valence-electron chi connectivity index (χ4n) is 4.56. The number of halogens is 2. The molecule has 1 aromatic heterocycles. The Bertz CT molecular complexity index is 1250. The van der Waals surface area contributed by atoms with Gasteiger partial charge >= 0.3 is 0 Å². The Balaban J connectivity index is 1.35. The summed E-state index contributed by atoms with van der Waals surface area (Å²) in [6.07, 6.45) is 2.59. The third-order valence-electron chi connectivity index (χ3n) is 6.31. The van der Waals surface area contributed by atoms with E-state index in [1.54, 1.807) is 0 Å². The van der Waals surface area contributed by atoms with Crippen molar-refractivity contribution in [1.29, 1.82) is 0 Å². The van der Waals surface area contributed by atoms with E-state index >= 15 is 0 Å². The number of carbonyl (C=O) groups is 2. The Morgan fingerprint density at radius 3 is 2.49 bits per heavy atom. The van der Waals surface area contributed by atoms with Gasteiger partial charge in [-0.1, -0.05) is 30.3 Å². The maximum Gasteiger partial charge on any atom is 0.255 e. The van der Waals surface area contributed by atoms with Crippen LogP contribution in [-0.2, 0) is 24.2 Å². The number of hydrogen-bond donors (Lipinski definition) is 3. The second-order valence-corrected chi connectivity index (χ2v) is 8.88. The lowest BCUT2D eigenvalue weighted by molar-refractivity contribution is -0.121. The number of fused-ring (bicyclic) bond motifs is 1. The third kappa shape index (κ3) is 5.05. The van der Waals surface area contributed by atoms with Crippen LogP contribution < -0.4 is 16.0 Å². The van der Waals surface area contributed by atoms with Gasteiger partial charge in [0.2, 0.25) is 5.91 Å². The van der Waals surface area contributed by atoms with Crippen molar-refractivity contribution in [1.82, 2.24) is 25.9 Å². The van der Waals surface area contributed by atoms with E-state index in [0.29, 0.717) is 17.0 Å². The summed E-state index contributed by atoms with van der Waals surface area (Å²) in [7, 11) is 0. The van der Waals surface area contributed by atoms with Crippen LogP contribution in [0, 0.1) is 11.6 Å². The first-order chi connectivity index (χ1) is 17.0. The molecule has 5 rings (SSSR count). The Kier molecular flexibility index (Phi) is 6.50. The fraction of sp³-hybridized carbons (Fsp3) is 0.308. The van der Waals surface area contributed by atoms with Crippen molar-refractivity contribution in [3.05, 3.63) is 82.2 Å². The number of benzene rings is 2. The molecule has 1 atom stereocenters. The summed E-state index contributed by atoms with van der Waals surface area (Å²) in [6, 6.07) is 11.2. The van der Waals surface area contributed by atoms with E-state index in [1.807, 2.05) is 24.3 Å². The van der Waals surface area contributed by atoms with Crippen LogP contribution in [0.1, 0.15) is 45.7 Å². The molecule has 0 radical (unpaired) electrons. The fourth-order valence-corrected chi connectivity index (χ4v) is 4.56. The van der Waals surface area contributed by atoms with Crippen LogP contribution in [0.5, 0.6) is 0 Å². The molecule has 0 saturated carbocycles. The highest BCUT2D eigenvalue weighted by molar-refractivity contribution is 5.99. The van der Waals surface area contributed by atoms with Gasteiger partial charge in [-0.15, -0.1) is 0 Å². The van der Waals surface area contributed by atoms with Gasteiger partial charge < -0.3 is 16.0 Å². The standard InChI is InChI=1S/C26H25F2N5O2/c27-18-4-1-5-19(28)23(18)25-32-20(24-21(33-25)14-30-26(24)35)11-15-6-8-16(9-7-15)12-22(34)31-17-3-2-10-29-13-17/h1,4-9,17,29H,2-3,10-14H2,(H,30,35)(H,31,34)/t17-/m1/s1. The lowest BCUT2D eigenvalue weighted by Crippen LogP contribution is -2.46. The number of nitrogens with zero attached hydrogens (tertiary/aromatic N) is 2. The van der Waals surface area contributed by atoms with Gasteiger partial charge in [0.25, 0.3) is 5.91 Å². The van der Waals surface area contributed by atoms with Crippen molar-refractivity contribution in [2.24, 2.45) is 0 Å². The monoisotopic (exact) mass is 477 g/mol. The van der Waals surface area contributed by atoms with Crippen LogP contribution in [0.15, 0.2) is 42.5 Å². The van der Waals surface area contributed by atoms with Gasteiger partial charge in [-0.25, -0.2) is 18.7 Å². The summed E-state index contributed by atoms with van der Waals surface area (Å²) in [5.74, 6) is -1.94. The summed E-state index contributed by atoms with van der Waals surface area (Å²) < 4.78 is 28.8. The number of carbonyl (C=O) groups excluding carboxylic acids is 2. The largest absolute Gasteiger partial charge is 0.352 e. The van der Waals surface area contributed by atoms with Crippen LogP contribution in [0.4, 0.5) is 8.78 Å². The Morgan fingerprint density at radius 2 is 1.77 bits per heavy atom. The highest BCUT2D eigenvalue weighted by atomic mass is 19.1. The summed E-state index contributed by atoms with van der Waals surface area (Å²) in [5.41, 5.74) is 2.57. The molecule has 2 aliphatic rings. The van der Waals surface area contributed by atoms with Gasteiger partial charge in [0, 0.05) is 19.0 Å². The van der Waals surface area contributed by atoms with E-state index in [-0.39, 0.29) is 48.6 Å². The summed E-state index contributed by atoms with van der Waals surface area (Å²) >= 11 is 0. The van der Waals surface area contributed by atoms with Crippen molar-refractivity contribution in [2.45, 2.75) is 38.3 Å². The van der Waals surface area contributed by atoms with E-state index < -0.39 is 11.6 Å². The van der Waals surface area contributed by atoms with Crippen LogP contribution in [0.3, 0.4) is 0 Å². The zero-order valence-electron chi connectivity index (χ0n) is 19.0. The normalized spacial score (nSPS) is 17.1. The first-order valence-corrected chi connectivity index (χ1v) is 11.7. The smallest absolute Gasteiger partial charge is 0.255 e. The average Bonchev–Trinajstić information content (AvgIpc) is 3.22. The number of rotatable bonds is 6. The number of aromatic nitrogens is 2. The lowest BCUT2D eigenvalue weighted by atomic mass is 10.0. The minimum atomic E-state index is -0.764. The Morgan fingerprint density at radius 1 is 1.03 bits per heavy atom. The van der Waals surface area contributed by atoms with Crippen LogP contribution >= 0.6 is 0 Å². The van der Waals surface area contributed by atoms with Gasteiger partial charge in [-0.2, -0.15) is 0 Å². The van der Waals surface area contributed by atoms with Crippen molar-refractivity contribution in [3.8, 4) is 11.4 Å². The van der Waals surface area contributed by atoms with E-state index in [9.17, 15) is 18.4 Å². The number of amides is 2. The molecule has 3 N–H and O–H groups in total. The van der Waals surface area contributed by atoms with Gasteiger partial charge in [-0.3, -0.25) is 9.59 Å². The molecule has 180 valence electrons. The maximum atomic E-state index is 14.4. The molecule has 2 aliphatic heterocycles. The van der Waals surface area contributed by atoms with Gasteiger partial charge in [0.1, 0.15) is 11.6 Å². The molecule has 0 aliphatic carbocycles. The number of hydrogen-bond acceptors (Lipinski definition) is 5. The van der Waals surface area contributed by atoms with Crippen molar-refractivity contribution < 1.29 is 18.4 Å². The predicted molar refractivity (Wildman–Crippen MR) is 126 cm³/mol. The van der Waals surface area contributed by atoms with Gasteiger partial charge in [-0.05, 0) is 42.6 Å². The minimum absolute atomic E-state index is 0.0201. The van der Waals surface area contributed by atoms with E-state index in [4.69, 9.17) is 0 Å². The molecule has 0 unspecified atom stereocenters. The van der Waals surface area contributed by atoms with Crippen molar-refractivity contribution in [2.75, 3.05) is 13.1 Å². The molecular formula is C26H25F2N5O2. The molecule has 1 saturated heterocycles. The van der Waals surface area contributed by atoms with Crippen LogP contribution in [-0.4, -0.2) is 40.9 Å². The molecule has 1 fully saturated rings. The highest BCUT2D eigenvalue weighted by Crippen LogP contribution is 2.27. The molecule has 9 heteroatoms. The Hall–Kier alpha value is -3.72. The number of nitrogens with one attached hydrogen (secondary N) is 3. The molecule has 0 bridgehead atoms. The zero-order valence-corrected chi connectivity index (χ0v) is 19.0. The van der Waals surface area contributed by atoms with E-state index in [2.05, 4.69) is 25.9 Å². The minimum Gasteiger partial charge on any atom is -0.352 e. The zero-order chi connectivity index (χ0) is 24.4. The molecular weight excluding hydrogens is 452 g/mol. The number of piperidine rings is 1. The molecule has 7 nitrogen and oxygen atoms in total. The second-order valence-electron chi connectivity index (χ2n) is 8.88. The highest BCUT2D eigenvalue weighted by Gasteiger charge is 2.28. The van der Waals surface area contributed by atoms with Gasteiger partial charge in [0.15, 0.2) is 5.82 Å². The average molecular weight is 478 g/mol. The first-order valence-electron chi connectivity index (χ1n) is 11.7. The Labute approximate surface area is 201 Å². The molecule has 35 heavy (non-hydrogen) atoms. The first kappa shape index (κ1) is 23.0. The van der Waals surface area contributed by atoms with Crippen LogP contribution in [0.25, 0.3) is 11.4 Å². The SMILES string of the molecule is O=C(Cc1ccc(Cc2nc(-c3c(F)cccc3F)nc3c2C(=O)NC3)cc1)N[C@@H]1CCCNC1. The molecule has 2 aromatic carbocycles.